The summed E-state index contributed by atoms with van der Waals surface area (Å²) in [6.07, 6.45) is 5.64. The summed E-state index contributed by atoms with van der Waals surface area (Å²) in [6.45, 7) is 3.45. The highest BCUT2D eigenvalue weighted by Gasteiger charge is 2.32. The first kappa shape index (κ1) is 18.3. The predicted molar refractivity (Wildman–Crippen MR) is 103 cm³/mol. The van der Waals surface area contributed by atoms with Gasteiger partial charge in [-0.2, -0.15) is 4.31 Å². The number of piperidine rings is 2. The molecule has 0 spiro atoms. The third-order valence-electron chi connectivity index (χ3n) is 5.55. The van der Waals surface area contributed by atoms with E-state index in [0.717, 1.165) is 30.8 Å². The molecule has 0 unspecified atom stereocenters. The van der Waals surface area contributed by atoms with Gasteiger partial charge in [0, 0.05) is 24.0 Å². The number of thioether (sulfide) groups is 1. The van der Waals surface area contributed by atoms with Crippen molar-refractivity contribution in [1.29, 1.82) is 0 Å². The van der Waals surface area contributed by atoms with Gasteiger partial charge in [0.05, 0.1) is 16.3 Å². The smallest absolute Gasteiger partial charge is 0.243 e. The standard InChI is InChI=1S/C18H25N3O3S2/c22-18-13-25-17-5-4-15(12-16(17)19-18)26(23,24)21-10-6-14(7-11-21)20-8-2-1-3-9-20/h4-5,12,14H,1-3,6-11,13H2,(H,19,22). The number of hydrogen-bond acceptors (Lipinski definition) is 5. The van der Waals surface area contributed by atoms with Crippen LogP contribution in [0.3, 0.4) is 0 Å². The average Bonchev–Trinajstić information content (AvgIpc) is 2.68. The summed E-state index contributed by atoms with van der Waals surface area (Å²) < 4.78 is 27.7. The Balaban J connectivity index is 1.46. The van der Waals surface area contributed by atoms with E-state index in [0.29, 0.717) is 30.6 Å². The average molecular weight is 396 g/mol. The Labute approximate surface area is 159 Å². The number of fused-ring (bicyclic) bond motifs is 1. The van der Waals surface area contributed by atoms with Crippen molar-refractivity contribution in [3.05, 3.63) is 18.2 Å². The summed E-state index contributed by atoms with van der Waals surface area (Å²) in [7, 11) is -3.51. The second-order valence-electron chi connectivity index (χ2n) is 7.23. The molecule has 8 heteroatoms. The Hall–Kier alpha value is -1.09. The Morgan fingerprint density at radius 2 is 1.77 bits per heavy atom. The maximum absolute atomic E-state index is 13.0. The molecule has 2 fully saturated rings. The highest BCUT2D eigenvalue weighted by Crippen LogP contribution is 2.34. The molecule has 4 rings (SSSR count). The van der Waals surface area contributed by atoms with Crippen LogP contribution < -0.4 is 5.32 Å². The van der Waals surface area contributed by atoms with Gasteiger partial charge in [-0.05, 0) is 57.0 Å². The molecule has 0 aliphatic carbocycles. The van der Waals surface area contributed by atoms with E-state index in [1.165, 1.54) is 31.0 Å². The van der Waals surface area contributed by atoms with Gasteiger partial charge in [0.1, 0.15) is 0 Å². The van der Waals surface area contributed by atoms with Crippen LogP contribution in [-0.2, 0) is 14.8 Å². The Morgan fingerprint density at radius 3 is 2.50 bits per heavy atom. The van der Waals surface area contributed by atoms with Crippen LogP contribution >= 0.6 is 11.8 Å². The van der Waals surface area contributed by atoms with Crippen LogP contribution in [0.5, 0.6) is 0 Å². The number of rotatable bonds is 3. The van der Waals surface area contributed by atoms with E-state index in [9.17, 15) is 13.2 Å². The number of likely N-dealkylation sites (tertiary alicyclic amines) is 1. The normalized spacial score (nSPS) is 23.5. The van der Waals surface area contributed by atoms with Crippen molar-refractivity contribution in [2.24, 2.45) is 0 Å². The van der Waals surface area contributed by atoms with Gasteiger partial charge in [-0.3, -0.25) is 4.79 Å². The molecule has 1 amide bonds. The molecule has 0 saturated carbocycles. The minimum absolute atomic E-state index is 0.0839. The van der Waals surface area contributed by atoms with Gasteiger partial charge in [0.2, 0.25) is 15.9 Å². The van der Waals surface area contributed by atoms with Crippen molar-refractivity contribution in [2.45, 2.75) is 47.9 Å². The van der Waals surface area contributed by atoms with Crippen LogP contribution in [0, 0.1) is 0 Å². The molecule has 142 valence electrons. The molecular formula is C18H25N3O3S2. The van der Waals surface area contributed by atoms with Crippen LogP contribution in [0.4, 0.5) is 5.69 Å². The Morgan fingerprint density at radius 1 is 1.04 bits per heavy atom. The zero-order valence-electron chi connectivity index (χ0n) is 14.8. The molecule has 3 aliphatic rings. The quantitative estimate of drug-likeness (QED) is 0.851. The number of amides is 1. The largest absolute Gasteiger partial charge is 0.324 e. The third-order valence-corrected chi connectivity index (χ3v) is 8.52. The van der Waals surface area contributed by atoms with Crippen LogP contribution in [0.1, 0.15) is 32.1 Å². The number of nitrogens with zero attached hydrogens (tertiary/aromatic N) is 2. The van der Waals surface area contributed by atoms with Crippen molar-refractivity contribution in [3.8, 4) is 0 Å². The van der Waals surface area contributed by atoms with Gasteiger partial charge in [0.15, 0.2) is 0 Å². The summed E-state index contributed by atoms with van der Waals surface area (Å²) in [5, 5.41) is 2.78. The molecule has 1 aromatic rings. The topological polar surface area (TPSA) is 69.7 Å². The SMILES string of the molecule is O=C1CSc2ccc(S(=O)(=O)N3CCC(N4CCCCC4)CC3)cc2N1. The first-order chi connectivity index (χ1) is 12.5. The first-order valence-corrected chi connectivity index (χ1v) is 11.8. The molecule has 1 N–H and O–H groups in total. The van der Waals surface area contributed by atoms with Crippen molar-refractivity contribution in [3.63, 3.8) is 0 Å². The Kier molecular flexibility index (Phi) is 5.27. The van der Waals surface area contributed by atoms with E-state index in [-0.39, 0.29) is 10.8 Å². The number of carbonyl (C=O) groups is 1. The molecule has 0 atom stereocenters. The number of anilines is 1. The van der Waals surface area contributed by atoms with Crippen molar-refractivity contribution in [2.75, 3.05) is 37.2 Å². The van der Waals surface area contributed by atoms with E-state index in [4.69, 9.17) is 0 Å². The van der Waals surface area contributed by atoms with Crippen LogP contribution in [0.2, 0.25) is 0 Å². The molecule has 2 saturated heterocycles. The van der Waals surface area contributed by atoms with Gasteiger partial charge in [-0.15, -0.1) is 11.8 Å². The summed E-state index contributed by atoms with van der Waals surface area (Å²) in [6, 6.07) is 5.58. The monoisotopic (exact) mass is 395 g/mol. The summed E-state index contributed by atoms with van der Waals surface area (Å²) in [4.78, 5) is 15.3. The number of hydrogen-bond donors (Lipinski definition) is 1. The van der Waals surface area contributed by atoms with E-state index in [1.807, 2.05) is 0 Å². The van der Waals surface area contributed by atoms with E-state index in [2.05, 4.69) is 10.2 Å². The van der Waals surface area contributed by atoms with E-state index in [1.54, 1.807) is 22.5 Å². The van der Waals surface area contributed by atoms with Crippen molar-refractivity contribution in [1.82, 2.24) is 9.21 Å². The van der Waals surface area contributed by atoms with Gasteiger partial charge in [-0.1, -0.05) is 6.42 Å². The molecule has 3 heterocycles. The molecule has 0 bridgehead atoms. The number of benzene rings is 1. The number of carbonyl (C=O) groups excluding carboxylic acids is 1. The summed E-state index contributed by atoms with van der Waals surface area (Å²) in [5.74, 6) is 0.294. The molecule has 26 heavy (non-hydrogen) atoms. The minimum atomic E-state index is -3.51. The first-order valence-electron chi connectivity index (χ1n) is 9.35. The fourth-order valence-corrected chi connectivity index (χ4v) is 6.39. The lowest BCUT2D eigenvalue weighted by Crippen LogP contribution is -2.48. The third kappa shape index (κ3) is 3.65. The molecule has 6 nitrogen and oxygen atoms in total. The second-order valence-corrected chi connectivity index (χ2v) is 10.2. The minimum Gasteiger partial charge on any atom is -0.324 e. The number of nitrogens with one attached hydrogen (secondary N) is 1. The second kappa shape index (κ2) is 7.50. The lowest BCUT2D eigenvalue weighted by molar-refractivity contribution is -0.113. The van der Waals surface area contributed by atoms with Crippen molar-refractivity contribution >= 4 is 33.4 Å². The van der Waals surface area contributed by atoms with Gasteiger partial charge in [-0.25, -0.2) is 8.42 Å². The lowest BCUT2D eigenvalue weighted by atomic mass is 10.0. The maximum atomic E-state index is 13.0. The zero-order chi connectivity index (χ0) is 18.1. The van der Waals surface area contributed by atoms with Crippen LogP contribution in [0.25, 0.3) is 0 Å². The van der Waals surface area contributed by atoms with Crippen LogP contribution in [0.15, 0.2) is 28.0 Å². The maximum Gasteiger partial charge on any atom is 0.243 e. The van der Waals surface area contributed by atoms with Gasteiger partial charge < -0.3 is 10.2 Å². The fraction of sp³-hybridized carbons (Fsp3) is 0.611. The summed E-state index contributed by atoms with van der Waals surface area (Å²) >= 11 is 1.44. The van der Waals surface area contributed by atoms with Gasteiger partial charge >= 0.3 is 0 Å². The fourth-order valence-electron chi connectivity index (χ4n) is 4.10. The van der Waals surface area contributed by atoms with Gasteiger partial charge in [0.25, 0.3) is 0 Å². The summed E-state index contributed by atoms with van der Waals surface area (Å²) in [5.41, 5.74) is 0.607. The number of sulfonamides is 1. The molecule has 1 aromatic carbocycles. The predicted octanol–water partition coefficient (Wildman–Crippen LogP) is 2.37. The van der Waals surface area contributed by atoms with E-state index < -0.39 is 10.0 Å². The molecular weight excluding hydrogens is 370 g/mol. The molecule has 3 aliphatic heterocycles. The highest BCUT2D eigenvalue weighted by molar-refractivity contribution is 8.00. The Bertz CT molecular complexity index is 783. The molecule has 0 radical (unpaired) electrons. The zero-order valence-corrected chi connectivity index (χ0v) is 16.4. The molecule has 0 aromatic heterocycles. The lowest BCUT2D eigenvalue weighted by Gasteiger charge is -2.39. The highest BCUT2D eigenvalue weighted by atomic mass is 32.2. The van der Waals surface area contributed by atoms with Crippen molar-refractivity contribution < 1.29 is 13.2 Å². The van der Waals surface area contributed by atoms with Crippen LogP contribution in [-0.4, -0.2) is 61.5 Å². The van der Waals surface area contributed by atoms with E-state index >= 15 is 0 Å².